The van der Waals surface area contributed by atoms with Crippen LogP contribution in [0.3, 0.4) is 0 Å². The Morgan fingerprint density at radius 2 is 1.67 bits per heavy atom. The highest BCUT2D eigenvalue weighted by Crippen LogP contribution is 2.46. The zero-order chi connectivity index (χ0) is 23.5. The van der Waals surface area contributed by atoms with E-state index in [1.54, 1.807) is 0 Å². The molecule has 1 aliphatic carbocycles. The molecule has 1 saturated heterocycles. The Kier molecular flexibility index (Phi) is 7.45. The minimum absolute atomic E-state index is 0.214. The predicted octanol–water partition coefficient (Wildman–Crippen LogP) is 5.82. The van der Waals surface area contributed by atoms with Gasteiger partial charge >= 0.3 is 0 Å². The maximum atomic E-state index is 8.91. The summed E-state index contributed by atoms with van der Waals surface area (Å²) >= 11 is 0. The summed E-state index contributed by atoms with van der Waals surface area (Å²) in [6.07, 6.45) is 7.97. The molecule has 180 valence electrons. The van der Waals surface area contributed by atoms with Crippen LogP contribution in [0.4, 0.5) is 5.82 Å². The lowest BCUT2D eigenvalue weighted by Gasteiger charge is -2.42. The quantitative estimate of drug-likeness (QED) is 0.499. The molecule has 33 heavy (non-hydrogen) atoms. The van der Waals surface area contributed by atoms with Gasteiger partial charge in [-0.15, -0.1) is 0 Å². The first-order chi connectivity index (χ1) is 15.8. The molecule has 2 N–H and O–H groups in total. The van der Waals surface area contributed by atoms with Crippen molar-refractivity contribution in [2.24, 2.45) is 0 Å². The molecule has 0 radical (unpaired) electrons. The average Bonchev–Trinajstić information content (AvgIpc) is 2.82. The van der Waals surface area contributed by atoms with E-state index in [2.05, 4.69) is 74.3 Å². The van der Waals surface area contributed by atoms with Gasteiger partial charge in [0, 0.05) is 31.3 Å². The Morgan fingerprint density at radius 3 is 2.39 bits per heavy atom. The average molecular weight is 450 g/mol. The molecule has 0 amide bonds. The van der Waals surface area contributed by atoms with Crippen molar-refractivity contribution in [1.29, 1.82) is 0 Å². The lowest BCUT2D eigenvalue weighted by atomic mass is 9.63. The molecule has 2 aromatic rings. The van der Waals surface area contributed by atoms with Crippen LogP contribution in [0, 0.1) is 0 Å². The van der Waals surface area contributed by atoms with Crippen LogP contribution in [0.25, 0.3) is 11.3 Å². The van der Waals surface area contributed by atoms with Crippen molar-refractivity contribution < 1.29 is 5.11 Å². The predicted molar refractivity (Wildman–Crippen MR) is 139 cm³/mol. The van der Waals surface area contributed by atoms with Gasteiger partial charge in [0.1, 0.15) is 5.82 Å². The summed E-state index contributed by atoms with van der Waals surface area (Å²) in [5.41, 5.74) is 5.78. The number of pyridine rings is 1. The second-order valence-electron chi connectivity index (χ2n) is 11.4. The summed E-state index contributed by atoms with van der Waals surface area (Å²) in [5, 5.41) is 12.6. The second kappa shape index (κ2) is 10.1. The first kappa shape index (κ1) is 24.2. The van der Waals surface area contributed by atoms with Crippen molar-refractivity contribution in [2.45, 2.75) is 89.5 Å². The van der Waals surface area contributed by atoms with Gasteiger partial charge in [0.05, 0.1) is 5.69 Å². The SMILES string of the molecule is CC1(C)CCC(C)(C)c2cc(-c3cccc(N4CCC(NCCCCCO)CC4)n3)ccc21. The van der Waals surface area contributed by atoms with E-state index in [1.807, 2.05) is 0 Å². The molecule has 1 fully saturated rings. The molecule has 1 aliphatic heterocycles. The highest BCUT2D eigenvalue weighted by molar-refractivity contribution is 5.65. The molecular weight excluding hydrogens is 406 g/mol. The van der Waals surface area contributed by atoms with Gasteiger partial charge in [-0.2, -0.15) is 0 Å². The lowest BCUT2D eigenvalue weighted by molar-refractivity contribution is 0.282. The third kappa shape index (κ3) is 5.60. The van der Waals surface area contributed by atoms with Crippen molar-refractivity contribution in [3.8, 4) is 11.3 Å². The van der Waals surface area contributed by atoms with Crippen LogP contribution in [-0.4, -0.2) is 42.4 Å². The molecule has 4 heteroatoms. The number of aromatic nitrogens is 1. The van der Waals surface area contributed by atoms with Gasteiger partial charge in [-0.3, -0.25) is 0 Å². The van der Waals surface area contributed by atoms with Crippen molar-refractivity contribution >= 4 is 5.82 Å². The van der Waals surface area contributed by atoms with Gasteiger partial charge in [0.2, 0.25) is 0 Å². The summed E-state index contributed by atoms with van der Waals surface area (Å²) in [4.78, 5) is 7.55. The second-order valence-corrected chi connectivity index (χ2v) is 11.4. The van der Waals surface area contributed by atoms with E-state index < -0.39 is 0 Å². The number of rotatable bonds is 8. The van der Waals surface area contributed by atoms with Crippen molar-refractivity contribution in [1.82, 2.24) is 10.3 Å². The zero-order valence-corrected chi connectivity index (χ0v) is 21.2. The van der Waals surface area contributed by atoms with E-state index in [-0.39, 0.29) is 10.8 Å². The van der Waals surface area contributed by atoms with Gasteiger partial charge in [-0.1, -0.05) is 45.9 Å². The maximum Gasteiger partial charge on any atom is 0.129 e. The molecule has 2 aliphatic rings. The fourth-order valence-electron chi connectivity index (χ4n) is 5.54. The number of fused-ring (bicyclic) bond motifs is 1. The lowest BCUT2D eigenvalue weighted by Crippen LogP contribution is -2.43. The summed E-state index contributed by atoms with van der Waals surface area (Å²) in [6.45, 7) is 13.0. The summed E-state index contributed by atoms with van der Waals surface area (Å²) in [5.74, 6) is 1.10. The molecule has 4 nitrogen and oxygen atoms in total. The molecule has 0 bridgehead atoms. The van der Waals surface area contributed by atoms with Crippen LogP contribution in [0.1, 0.15) is 83.8 Å². The fraction of sp³-hybridized carbons (Fsp3) is 0.621. The van der Waals surface area contributed by atoms with Crippen molar-refractivity contribution in [3.63, 3.8) is 0 Å². The van der Waals surface area contributed by atoms with E-state index >= 15 is 0 Å². The fourth-order valence-corrected chi connectivity index (χ4v) is 5.54. The number of hydrogen-bond donors (Lipinski definition) is 2. The number of aliphatic hydroxyl groups is 1. The monoisotopic (exact) mass is 449 g/mol. The number of anilines is 1. The van der Waals surface area contributed by atoms with Crippen molar-refractivity contribution in [3.05, 3.63) is 47.5 Å². The topological polar surface area (TPSA) is 48.4 Å². The molecule has 4 rings (SSSR count). The number of nitrogens with one attached hydrogen (secondary N) is 1. The number of hydrogen-bond acceptors (Lipinski definition) is 4. The number of piperidine rings is 1. The summed E-state index contributed by atoms with van der Waals surface area (Å²) in [6, 6.07) is 14.1. The van der Waals surface area contributed by atoms with E-state index in [9.17, 15) is 0 Å². The van der Waals surface area contributed by atoms with Crippen LogP contribution in [0.2, 0.25) is 0 Å². The molecule has 2 heterocycles. The number of aliphatic hydroxyl groups excluding tert-OH is 1. The van der Waals surface area contributed by atoms with Gasteiger partial charge in [-0.05, 0) is 91.6 Å². The highest BCUT2D eigenvalue weighted by Gasteiger charge is 2.37. The first-order valence-electron chi connectivity index (χ1n) is 13.0. The molecular formula is C29H43N3O. The number of unbranched alkanes of at least 4 members (excludes halogenated alkanes) is 2. The highest BCUT2D eigenvalue weighted by atomic mass is 16.2. The number of nitrogens with zero attached hydrogens (tertiary/aromatic N) is 2. The van der Waals surface area contributed by atoms with E-state index in [1.165, 1.54) is 29.5 Å². The van der Waals surface area contributed by atoms with E-state index in [0.29, 0.717) is 12.6 Å². The van der Waals surface area contributed by atoms with Crippen LogP contribution < -0.4 is 10.2 Å². The Bertz CT molecular complexity index is 928. The third-order valence-electron chi connectivity index (χ3n) is 7.97. The molecule has 0 atom stereocenters. The smallest absolute Gasteiger partial charge is 0.129 e. The normalized spacial score (nSPS) is 20.0. The minimum atomic E-state index is 0.214. The van der Waals surface area contributed by atoms with Crippen LogP contribution in [0.15, 0.2) is 36.4 Å². The Balaban J connectivity index is 1.43. The van der Waals surface area contributed by atoms with Crippen LogP contribution in [-0.2, 0) is 10.8 Å². The molecule has 1 aromatic heterocycles. The van der Waals surface area contributed by atoms with Gasteiger partial charge in [-0.25, -0.2) is 4.98 Å². The zero-order valence-electron chi connectivity index (χ0n) is 21.2. The summed E-state index contributed by atoms with van der Waals surface area (Å²) < 4.78 is 0. The molecule has 0 unspecified atom stereocenters. The standard InChI is InChI=1S/C29H43N3O/c1-28(2)15-16-29(3,4)25-21-22(11-12-24(25)28)26-9-8-10-27(31-26)32-18-13-23(14-19-32)30-17-6-5-7-20-33/h8-12,21,23,30,33H,5-7,13-20H2,1-4H3. The van der Waals surface area contributed by atoms with Crippen LogP contribution in [0.5, 0.6) is 0 Å². The molecule has 0 saturated carbocycles. The van der Waals surface area contributed by atoms with E-state index in [4.69, 9.17) is 10.1 Å². The van der Waals surface area contributed by atoms with Gasteiger partial charge in [0.15, 0.2) is 0 Å². The largest absolute Gasteiger partial charge is 0.396 e. The van der Waals surface area contributed by atoms with Crippen molar-refractivity contribution in [2.75, 3.05) is 31.1 Å². The van der Waals surface area contributed by atoms with E-state index in [0.717, 1.165) is 63.3 Å². The Labute approximate surface area is 200 Å². The Hall–Kier alpha value is -1.91. The van der Waals surface area contributed by atoms with Gasteiger partial charge < -0.3 is 15.3 Å². The maximum absolute atomic E-state index is 8.91. The third-order valence-corrected chi connectivity index (χ3v) is 7.97. The van der Waals surface area contributed by atoms with Gasteiger partial charge in [0.25, 0.3) is 0 Å². The molecule has 1 aromatic carbocycles. The number of benzene rings is 1. The molecule has 0 spiro atoms. The first-order valence-corrected chi connectivity index (χ1v) is 13.0. The van der Waals surface area contributed by atoms with Crippen LogP contribution >= 0.6 is 0 Å². The Morgan fingerprint density at radius 1 is 0.939 bits per heavy atom. The summed E-state index contributed by atoms with van der Waals surface area (Å²) in [7, 11) is 0. The minimum Gasteiger partial charge on any atom is -0.396 e.